The minimum absolute atomic E-state index is 0.159. The van der Waals surface area contributed by atoms with E-state index in [4.69, 9.17) is 23.7 Å². The third-order valence-corrected chi connectivity index (χ3v) is 27.6. The number of nitrogens with zero attached hydrogens (tertiary/aromatic N) is 5. The third kappa shape index (κ3) is 20.3. The minimum Gasteiger partial charge on any atom is -0.479 e. The van der Waals surface area contributed by atoms with Crippen molar-refractivity contribution in [1.29, 1.82) is 0 Å². The summed E-state index contributed by atoms with van der Waals surface area (Å²) in [6.45, 7) is 21.8. The first kappa shape index (κ1) is 85.3. The van der Waals surface area contributed by atoms with Gasteiger partial charge in [0.15, 0.2) is 5.90 Å². The van der Waals surface area contributed by atoms with E-state index in [0.29, 0.717) is 82.8 Å². The van der Waals surface area contributed by atoms with Gasteiger partial charge in [0.1, 0.15) is 6.61 Å². The molecule has 5 aliphatic rings. The van der Waals surface area contributed by atoms with Crippen LogP contribution >= 0.6 is 0 Å². The Morgan fingerprint density at radius 3 is 1.09 bits per heavy atom. The number of aliphatic imine (C=N–C) groups is 1. The molecule has 0 amide bonds. The van der Waals surface area contributed by atoms with Crippen LogP contribution in [-0.4, -0.2) is 160 Å². The van der Waals surface area contributed by atoms with Gasteiger partial charge < -0.3 is 45.0 Å². The highest BCUT2D eigenvalue weighted by Gasteiger charge is 2.39. The maximum absolute atomic E-state index is 13.3. The average Bonchev–Trinajstić information content (AvgIpc) is 1.63. The number of sulfonamides is 4. The molecule has 0 spiro atoms. The van der Waals surface area contributed by atoms with E-state index in [1.54, 1.807) is 59.6 Å². The largest absolute Gasteiger partial charge is 0.479 e. The fraction of sp³-hybridized carbons (Fsp3) is 0.424. The van der Waals surface area contributed by atoms with E-state index in [-0.39, 0.29) is 30.3 Å². The number of hydrogen-bond donors (Lipinski definition) is 4. The summed E-state index contributed by atoms with van der Waals surface area (Å²) in [4.78, 5) is 5.82. The van der Waals surface area contributed by atoms with Gasteiger partial charge in [0.25, 0.3) is 40.1 Å². The summed E-state index contributed by atoms with van der Waals surface area (Å²) >= 11 is 0. The SMILES string of the molecule is CCOCCCNC1c2ccccc2N(C)S(=O)(=O)c2cc(C)ccc21.COCCOCCNC1c2ccccc2N(C)S(=O)(=O)c2cc(C)ccc21.Cc1ccc2c(c1)S(=O)(=O)N(C)c1ccccc1C2NCCCCCCC1=NCCO1.Cc1ccc2c(c1)S(=O)(=O)N(C)c1ccccc1C2NCCCOC(C)C. The van der Waals surface area contributed by atoms with Crippen LogP contribution < -0.4 is 38.5 Å². The molecule has 26 heteroatoms. The number of aryl methyl sites for hydroxylation is 4. The Kier molecular flexibility index (Phi) is 30.1. The first-order chi connectivity index (χ1) is 53.2. The van der Waals surface area contributed by atoms with Crippen molar-refractivity contribution in [3.05, 3.63) is 237 Å². The van der Waals surface area contributed by atoms with Gasteiger partial charge in [-0.15, -0.1) is 0 Å². The van der Waals surface area contributed by atoms with E-state index in [1.165, 1.54) is 17.2 Å². The van der Waals surface area contributed by atoms with Crippen LogP contribution in [0.25, 0.3) is 0 Å². The van der Waals surface area contributed by atoms with Crippen LogP contribution in [0.2, 0.25) is 0 Å². The quantitative estimate of drug-likeness (QED) is 0.0349. The summed E-state index contributed by atoms with van der Waals surface area (Å²) in [7, 11) is -6.30. The van der Waals surface area contributed by atoms with E-state index < -0.39 is 40.1 Å². The van der Waals surface area contributed by atoms with Crippen molar-refractivity contribution < 1.29 is 57.4 Å². The van der Waals surface area contributed by atoms with Crippen molar-refractivity contribution in [1.82, 2.24) is 21.3 Å². The molecule has 5 heterocycles. The molecular formula is C85H111N9O13S4. The Balaban J connectivity index is 0.000000158. The lowest BCUT2D eigenvalue weighted by molar-refractivity contribution is 0.0714. The van der Waals surface area contributed by atoms with Crippen LogP contribution in [0.4, 0.5) is 22.7 Å². The first-order valence-electron chi connectivity index (χ1n) is 38.3. The van der Waals surface area contributed by atoms with Crippen LogP contribution in [0.5, 0.6) is 0 Å². The third-order valence-electron chi connectivity index (χ3n) is 20.3. The zero-order valence-corrected chi connectivity index (χ0v) is 69.4. The zero-order valence-electron chi connectivity index (χ0n) is 66.2. The molecule has 0 saturated heterocycles. The molecular weight excluding hydrogens is 1480 g/mol. The lowest BCUT2D eigenvalue weighted by atomic mass is 9.96. The molecule has 4 unspecified atom stereocenters. The molecule has 0 aliphatic carbocycles. The molecule has 598 valence electrons. The number of para-hydroxylation sites is 4. The van der Waals surface area contributed by atoms with Gasteiger partial charge >= 0.3 is 0 Å². The summed E-state index contributed by atoms with van der Waals surface area (Å²) in [6, 6.07) is 52.7. The van der Waals surface area contributed by atoms with Gasteiger partial charge in [0.2, 0.25) is 0 Å². The number of unbranched alkanes of at least 4 members (excludes halogenated alkanes) is 3. The Morgan fingerprint density at radius 2 is 0.748 bits per heavy atom. The van der Waals surface area contributed by atoms with E-state index in [1.807, 2.05) is 194 Å². The fourth-order valence-electron chi connectivity index (χ4n) is 14.4. The highest BCUT2D eigenvalue weighted by molar-refractivity contribution is 7.93. The van der Waals surface area contributed by atoms with Gasteiger partial charge in [0, 0.05) is 68.1 Å². The fourth-order valence-corrected chi connectivity index (χ4v) is 20.6. The lowest BCUT2D eigenvalue weighted by Crippen LogP contribution is -2.27. The number of benzene rings is 8. The number of fused-ring (bicyclic) bond motifs is 8. The van der Waals surface area contributed by atoms with E-state index in [2.05, 4.69) is 26.3 Å². The first-order valence-corrected chi connectivity index (χ1v) is 44.1. The molecule has 22 nitrogen and oxygen atoms in total. The Hall–Kier alpha value is -8.09. The number of ether oxygens (including phenoxy) is 5. The second-order valence-electron chi connectivity index (χ2n) is 28.6. The van der Waals surface area contributed by atoms with E-state index in [0.717, 1.165) is 156 Å². The molecule has 8 aromatic rings. The molecule has 0 radical (unpaired) electrons. The molecule has 4 atom stereocenters. The molecule has 4 N–H and O–H groups in total. The minimum atomic E-state index is -3.62. The van der Waals surface area contributed by atoms with Crippen LogP contribution in [0.1, 0.15) is 157 Å². The van der Waals surface area contributed by atoms with Crippen molar-refractivity contribution in [3.63, 3.8) is 0 Å². The molecule has 13 rings (SSSR count). The molecule has 5 aliphatic heterocycles. The second kappa shape index (κ2) is 39.1. The number of hydrogen-bond acceptors (Lipinski definition) is 18. The van der Waals surface area contributed by atoms with Gasteiger partial charge in [-0.3, -0.25) is 22.2 Å². The van der Waals surface area contributed by atoms with Gasteiger partial charge in [-0.2, -0.15) is 0 Å². The smallest absolute Gasteiger partial charge is 0.264 e. The molecule has 0 aromatic heterocycles. The summed E-state index contributed by atoms with van der Waals surface area (Å²) < 4.78 is 138. The van der Waals surface area contributed by atoms with Crippen molar-refractivity contribution in [3.8, 4) is 0 Å². The number of nitrogens with one attached hydrogen (secondary N) is 4. The predicted molar refractivity (Wildman–Crippen MR) is 443 cm³/mol. The maximum atomic E-state index is 13.3. The molecule has 8 aromatic carbocycles. The lowest BCUT2D eigenvalue weighted by Gasteiger charge is -2.22. The Bertz CT molecular complexity index is 4990. The van der Waals surface area contributed by atoms with Gasteiger partial charge in [0.05, 0.1) is 99.0 Å². The standard InChI is InChI=1S/C24H31N3O3S.C21H28N2O3S.C20H26N2O4S.C20H26N2O3S/c1-18-12-13-20-22(17-18)31(28,29)27(2)21-10-7-6-9-19(21)24(20)26-14-8-4-3-5-11-23-25-15-16-30-23;1-15(2)26-13-7-12-22-21-17-8-5-6-9-19(17)23(4)27(24,25)20-14-16(3)10-11-18(20)21;1-15-8-9-17-19(14-15)27(23,24)22(2)18-7-5-4-6-16(18)20(17)21-10-11-26-13-12-25-3;1-4-25-13-7-12-21-20-16-8-5-6-9-18(16)22(3)26(23,24)19-14-15(2)10-11-17(19)20/h6-7,9-10,12-13,17,24,26H,3-5,8,11,14-16H2,1-2H3;5-6,8-11,14-15,21-22H,7,12-13H2,1-4H3;4-9,14,20-21H,10-13H2,1-3H3;5-6,8-11,14,20-21H,4,7,12-13H2,1-3H3. The van der Waals surface area contributed by atoms with Gasteiger partial charge in [-0.05, 0) is 209 Å². The topological polar surface area (TPSA) is 256 Å². The highest BCUT2D eigenvalue weighted by atomic mass is 32.2. The van der Waals surface area contributed by atoms with Gasteiger partial charge in [-0.1, -0.05) is 134 Å². The Labute approximate surface area is 659 Å². The molecule has 0 bridgehead atoms. The van der Waals surface area contributed by atoms with Crippen LogP contribution in [-0.2, 0) is 63.8 Å². The van der Waals surface area contributed by atoms with E-state index in [9.17, 15) is 33.7 Å². The van der Waals surface area contributed by atoms with Crippen LogP contribution in [0.3, 0.4) is 0 Å². The summed E-state index contributed by atoms with van der Waals surface area (Å²) in [5.41, 5.74) is 13.6. The summed E-state index contributed by atoms with van der Waals surface area (Å²) in [6.07, 6.45) is 7.26. The molecule has 111 heavy (non-hydrogen) atoms. The monoisotopic (exact) mass is 1590 g/mol. The van der Waals surface area contributed by atoms with Crippen molar-refractivity contribution >= 4 is 68.7 Å². The Morgan fingerprint density at radius 1 is 0.405 bits per heavy atom. The van der Waals surface area contributed by atoms with Gasteiger partial charge in [-0.25, -0.2) is 33.7 Å². The predicted octanol–water partition coefficient (Wildman–Crippen LogP) is 13.5. The van der Waals surface area contributed by atoms with Crippen molar-refractivity contribution in [2.45, 2.75) is 143 Å². The van der Waals surface area contributed by atoms with Crippen LogP contribution in [0, 0.1) is 27.7 Å². The summed E-state index contributed by atoms with van der Waals surface area (Å²) in [5, 5.41) is 14.2. The zero-order chi connectivity index (χ0) is 79.6. The highest BCUT2D eigenvalue weighted by Crippen LogP contribution is 2.45. The van der Waals surface area contributed by atoms with Crippen molar-refractivity contribution in [2.75, 3.05) is 131 Å². The maximum Gasteiger partial charge on any atom is 0.264 e. The summed E-state index contributed by atoms with van der Waals surface area (Å²) in [5.74, 6) is 0.908. The van der Waals surface area contributed by atoms with Crippen molar-refractivity contribution in [2.24, 2.45) is 4.99 Å². The molecule has 0 fully saturated rings. The van der Waals surface area contributed by atoms with Crippen LogP contribution in [0.15, 0.2) is 194 Å². The second-order valence-corrected chi connectivity index (χ2v) is 36.3. The molecule has 0 saturated carbocycles. The average molecular weight is 1600 g/mol. The normalized spacial score (nSPS) is 18.4. The number of methoxy groups -OCH3 is 1. The number of anilines is 4. The number of rotatable bonds is 27. The van der Waals surface area contributed by atoms with E-state index >= 15 is 0 Å².